The first kappa shape index (κ1) is 9.94. The molecule has 0 aliphatic heterocycles. The topological polar surface area (TPSA) is 39.2 Å². The van der Waals surface area contributed by atoms with E-state index in [-0.39, 0.29) is 6.04 Å². The molecule has 2 atom stereocenters. The monoisotopic (exact) mass is 233 g/mol. The van der Waals surface area contributed by atoms with Crippen LogP contribution in [0, 0.1) is 0 Å². The molecule has 0 amide bonds. The molecule has 1 aromatic carbocycles. The van der Waals surface area contributed by atoms with Gasteiger partial charge in [0.1, 0.15) is 11.5 Å². The van der Waals surface area contributed by atoms with Gasteiger partial charge in [0.15, 0.2) is 0 Å². The molecule has 3 rings (SSSR count). The summed E-state index contributed by atoms with van der Waals surface area (Å²) >= 11 is 6.11. The summed E-state index contributed by atoms with van der Waals surface area (Å²) in [6.45, 7) is 0. The van der Waals surface area contributed by atoms with Crippen LogP contribution in [0.15, 0.2) is 40.8 Å². The van der Waals surface area contributed by atoms with Crippen LogP contribution in [0.4, 0.5) is 0 Å². The van der Waals surface area contributed by atoms with Gasteiger partial charge in [0, 0.05) is 17.5 Å². The molecule has 0 saturated heterocycles. The van der Waals surface area contributed by atoms with Crippen LogP contribution in [0.3, 0.4) is 0 Å². The number of nitrogens with two attached hydrogens (primary N) is 1. The molecule has 2 N–H and O–H groups in total. The lowest BCUT2D eigenvalue weighted by atomic mass is 10.2. The summed E-state index contributed by atoms with van der Waals surface area (Å²) in [4.78, 5) is 0. The Bertz CT molecular complexity index is 520. The molecule has 1 aliphatic carbocycles. The molecule has 1 saturated carbocycles. The highest BCUT2D eigenvalue weighted by molar-refractivity contribution is 6.33. The van der Waals surface area contributed by atoms with Crippen LogP contribution in [-0.2, 0) is 0 Å². The van der Waals surface area contributed by atoms with Gasteiger partial charge in [0.2, 0.25) is 0 Å². The molecular formula is C13H12ClNO. The van der Waals surface area contributed by atoms with Crippen molar-refractivity contribution in [3.05, 3.63) is 47.2 Å². The predicted octanol–water partition coefficient (Wildman–Crippen LogP) is 3.41. The van der Waals surface area contributed by atoms with Crippen molar-refractivity contribution in [3.8, 4) is 11.3 Å². The van der Waals surface area contributed by atoms with Gasteiger partial charge in [0.25, 0.3) is 0 Å². The highest BCUT2D eigenvalue weighted by Gasteiger charge is 2.37. The maximum atomic E-state index is 6.11. The second-order valence-electron chi connectivity index (χ2n) is 4.19. The first-order chi connectivity index (χ1) is 7.75. The number of rotatable bonds is 2. The third-order valence-electron chi connectivity index (χ3n) is 2.97. The average Bonchev–Trinajstić information content (AvgIpc) is 2.82. The van der Waals surface area contributed by atoms with Gasteiger partial charge in [-0.3, -0.25) is 0 Å². The molecule has 1 aromatic heterocycles. The molecule has 82 valence electrons. The summed E-state index contributed by atoms with van der Waals surface area (Å²) in [7, 11) is 0. The maximum absolute atomic E-state index is 6.11. The largest absolute Gasteiger partial charge is 0.461 e. The zero-order valence-corrected chi connectivity index (χ0v) is 9.45. The Labute approximate surface area is 99.0 Å². The van der Waals surface area contributed by atoms with Gasteiger partial charge in [0.05, 0.1) is 5.02 Å². The fourth-order valence-electron chi connectivity index (χ4n) is 1.90. The van der Waals surface area contributed by atoms with E-state index < -0.39 is 0 Å². The molecule has 3 heteroatoms. The van der Waals surface area contributed by atoms with Crippen molar-refractivity contribution in [3.63, 3.8) is 0 Å². The highest BCUT2D eigenvalue weighted by atomic mass is 35.5. The minimum absolute atomic E-state index is 0.269. The van der Waals surface area contributed by atoms with Crippen molar-refractivity contribution in [2.45, 2.75) is 18.4 Å². The van der Waals surface area contributed by atoms with Crippen molar-refractivity contribution < 1.29 is 4.42 Å². The fraction of sp³-hybridized carbons (Fsp3) is 0.231. The Morgan fingerprint density at radius 2 is 1.94 bits per heavy atom. The van der Waals surface area contributed by atoms with Crippen LogP contribution in [0.5, 0.6) is 0 Å². The Hall–Kier alpha value is -1.25. The van der Waals surface area contributed by atoms with Gasteiger partial charge >= 0.3 is 0 Å². The van der Waals surface area contributed by atoms with E-state index in [9.17, 15) is 0 Å². The van der Waals surface area contributed by atoms with Crippen LogP contribution >= 0.6 is 11.6 Å². The van der Waals surface area contributed by atoms with Crippen LogP contribution in [-0.4, -0.2) is 6.04 Å². The van der Waals surface area contributed by atoms with Gasteiger partial charge in [-0.1, -0.05) is 23.7 Å². The minimum Gasteiger partial charge on any atom is -0.461 e. The summed E-state index contributed by atoms with van der Waals surface area (Å²) in [5.74, 6) is 2.19. The maximum Gasteiger partial charge on any atom is 0.135 e. The van der Waals surface area contributed by atoms with Gasteiger partial charge in [-0.2, -0.15) is 0 Å². The predicted molar refractivity (Wildman–Crippen MR) is 64.5 cm³/mol. The van der Waals surface area contributed by atoms with Crippen LogP contribution in [0.25, 0.3) is 11.3 Å². The second-order valence-corrected chi connectivity index (χ2v) is 4.60. The minimum atomic E-state index is 0.269. The quantitative estimate of drug-likeness (QED) is 0.863. The van der Waals surface area contributed by atoms with Crippen molar-refractivity contribution in [2.24, 2.45) is 5.73 Å². The Kier molecular flexibility index (Phi) is 2.27. The normalized spacial score (nSPS) is 23.4. The van der Waals surface area contributed by atoms with E-state index in [2.05, 4.69) is 0 Å². The number of benzene rings is 1. The number of halogens is 1. The molecule has 0 radical (unpaired) electrons. The van der Waals surface area contributed by atoms with Gasteiger partial charge in [-0.25, -0.2) is 0 Å². The molecule has 0 unspecified atom stereocenters. The first-order valence-corrected chi connectivity index (χ1v) is 5.74. The van der Waals surface area contributed by atoms with Crippen LogP contribution < -0.4 is 5.73 Å². The van der Waals surface area contributed by atoms with Gasteiger partial charge in [-0.05, 0) is 30.7 Å². The van der Waals surface area contributed by atoms with Crippen molar-refractivity contribution in [2.75, 3.05) is 0 Å². The average molecular weight is 234 g/mol. The zero-order valence-electron chi connectivity index (χ0n) is 8.69. The highest BCUT2D eigenvalue weighted by Crippen LogP contribution is 2.41. The number of hydrogen-bond acceptors (Lipinski definition) is 2. The zero-order chi connectivity index (χ0) is 11.1. The smallest absolute Gasteiger partial charge is 0.135 e. The summed E-state index contributed by atoms with van der Waals surface area (Å²) < 4.78 is 5.78. The number of hydrogen-bond donors (Lipinski definition) is 1. The van der Waals surface area contributed by atoms with E-state index in [1.807, 2.05) is 36.4 Å². The Balaban J connectivity index is 1.95. The molecule has 0 bridgehead atoms. The van der Waals surface area contributed by atoms with Gasteiger partial charge < -0.3 is 10.2 Å². The summed E-state index contributed by atoms with van der Waals surface area (Å²) in [5.41, 5.74) is 6.73. The second kappa shape index (κ2) is 3.65. The van der Waals surface area contributed by atoms with E-state index in [1.54, 1.807) is 0 Å². The Morgan fingerprint density at radius 3 is 2.62 bits per heavy atom. The molecule has 1 aliphatic rings. The molecule has 0 spiro atoms. The molecule has 2 aromatic rings. The molecular weight excluding hydrogens is 222 g/mol. The first-order valence-electron chi connectivity index (χ1n) is 5.36. The number of furan rings is 1. The molecule has 2 nitrogen and oxygen atoms in total. The van der Waals surface area contributed by atoms with Crippen LogP contribution in [0.2, 0.25) is 5.02 Å². The SMILES string of the molecule is N[C@H]1C[C@H]1c1ccc(-c2ccccc2Cl)o1. The van der Waals surface area contributed by atoms with E-state index in [4.69, 9.17) is 21.8 Å². The van der Waals surface area contributed by atoms with Crippen molar-refractivity contribution >= 4 is 11.6 Å². The lowest BCUT2D eigenvalue weighted by molar-refractivity contribution is 0.522. The van der Waals surface area contributed by atoms with Gasteiger partial charge in [-0.15, -0.1) is 0 Å². The summed E-state index contributed by atoms with van der Waals surface area (Å²) in [6.07, 6.45) is 1.02. The van der Waals surface area contributed by atoms with E-state index in [0.29, 0.717) is 10.9 Å². The molecule has 1 fully saturated rings. The fourth-order valence-corrected chi connectivity index (χ4v) is 2.13. The van der Waals surface area contributed by atoms with E-state index in [0.717, 1.165) is 23.5 Å². The third-order valence-corrected chi connectivity index (χ3v) is 3.30. The summed E-state index contributed by atoms with van der Waals surface area (Å²) in [5, 5.41) is 0.712. The summed E-state index contributed by atoms with van der Waals surface area (Å²) in [6, 6.07) is 11.9. The molecule has 16 heavy (non-hydrogen) atoms. The van der Waals surface area contributed by atoms with Crippen molar-refractivity contribution in [1.29, 1.82) is 0 Å². The lowest BCUT2D eigenvalue weighted by Gasteiger charge is -1.99. The van der Waals surface area contributed by atoms with E-state index in [1.165, 1.54) is 0 Å². The van der Waals surface area contributed by atoms with Crippen LogP contribution in [0.1, 0.15) is 18.1 Å². The third kappa shape index (κ3) is 1.64. The Morgan fingerprint density at radius 1 is 1.19 bits per heavy atom. The molecule has 1 heterocycles. The lowest BCUT2D eigenvalue weighted by Crippen LogP contribution is -2.00. The van der Waals surface area contributed by atoms with Crippen molar-refractivity contribution in [1.82, 2.24) is 0 Å². The standard InChI is InChI=1S/C13H12ClNO/c14-10-4-2-1-3-8(10)12-5-6-13(16-12)9-7-11(9)15/h1-6,9,11H,7,15H2/t9-,11+/m1/s1. The van der Waals surface area contributed by atoms with E-state index >= 15 is 0 Å².